The third kappa shape index (κ3) is 3.65. The molecule has 0 aliphatic carbocycles. The molecule has 0 spiro atoms. The molecule has 0 radical (unpaired) electrons. The van der Waals surface area contributed by atoms with Crippen LogP contribution in [0, 0.1) is 0 Å². The van der Waals surface area contributed by atoms with E-state index in [1.807, 2.05) is 0 Å². The average molecular weight is 586 g/mol. The predicted octanol–water partition coefficient (Wildman–Crippen LogP) is 12.3. The van der Waals surface area contributed by atoms with Crippen LogP contribution >= 0.6 is 0 Å². The van der Waals surface area contributed by atoms with Crippen LogP contribution in [-0.4, -0.2) is 4.57 Å². The summed E-state index contributed by atoms with van der Waals surface area (Å²) in [5.41, 5.74) is 10.1. The van der Waals surface area contributed by atoms with Crippen molar-refractivity contribution in [1.82, 2.24) is 4.57 Å². The molecular formula is C44H27NO. The van der Waals surface area contributed by atoms with Gasteiger partial charge in [-0.2, -0.15) is 0 Å². The number of rotatable bonds is 3. The van der Waals surface area contributed by atoms with E-state index in [-0.39, 0.29) is 0 Å². The molecule has 8 aromatic carbocycles. The molecule has 10 aromatic rings. The van der Waals surface area contributed by atoms with Crippen LogP contribution in [0.15, 0.2) is 168 Å². The van der Waals surface area contributed by atoms with Crippen molar-refractivity contribution in [2.45, 2.75) is 0 Å². The van der Waals surface area contributed by atoms with E-state index in [1.54, 1.807) is 0 Å². The van der Waals surface area contributed by atoms with Crippen molar-refractivity contribution in [2.75, 3.05) is 0 Å². The highest BCUT2D eigenvalue weighted by Gasteiger charge is 2.19. The lowest BCUT2D eigenvalue weighted by molar-refractivity contribution is 0.670. The van der Waals surface area contributed by atoms with Crippen LogP contribution in [0.1, 0.15) is 0 Å². The Morgan fingerprint density at radius 3 is 1.93 bits per heavy atom. The van der Waals surface area contributed by atoms with Gasteiger partial charge in [-0.05, 0) is 86.8 Å². The van der Waals surface area contributed by atoms with Crippen molar-refractivity contribution in [3.05, 3.63) is 164 Å². The minimum Gasteiger partial charge on any atom is -0.455 e. The molecule has 0 bridgehead atoms. The fourth-order valence-electron chi connectivity index (χ4n) is 7.48. The molecule has 46 heavy (non-hydrogen) atoms. The lowest BCUT2D eigenvalue weighted by Crippen LogP contribution is -1.92. The first-order valence-corrected chi connectivity index (χ1v) is 15.8. The summed E-state index contributed by atoms with van der Waals surface area (Å²) < 4.78 is 9.11. The molecule has 10 rings (SSSR count). The molecule has 0 unspecified atom stereocenters. The fraction of sp³-hybridized carbons (Fsp3) is 0. The summed E-state index contributed by atoms with van der Waals surface area (Å²) in [5.74, 6) is 0. The van der Waals surface area contributed by atoms with Gasteiger partial charge in [0.05, 0.1) is 11.0 Å². The van der Waals surface area contributed by atoms with Crippen LogP contribution in [0.3, 0.4) is 0 Å². The monoisotopic (exact) mass is 585 g/mol. The van der Waals surface area contributed by atoms with E-state index in [0.717, 1.165) is 22.3 Å². The van der Waals surface area contributed by atoms with E-state index in [0.29, 0.717) is 0 Å². The zero-order chi connectivity index (χ0) is 30.2. The number of aromatic nitrogens is 1. The van der Waals surface area contributed by atoms with E-state index >= 15 is 0 Å². The van der Waals surface area contributed by atoms with Crippen LogP contribution in [-0.2, 0) is 0 Å². The Bertz CT molecular complexity index is 2800. The predicted molar refractivity (Wildman–Crippen MR) is 194 cm³/mol. The zero-order valence-electron chi connectivity index (χ0n) is 24.9. The van der Waals surface area contributed by atoms with Crippen LogP contribution in [0.25, 0.3) is 93.2 Å². The normalized spacial score (nSPS) is 11.9. The van der Waals surface area contributed by atoms with Gasteiger partial charge in [-0.25, -0.2) is 0 Å². The summed E-state index contributed by atoms with van der Waals surface area (Å²) in [6, 6.07) is 58.9. The van der Waals surface area contributed by atoms with Crippen molar-refractivity contribution in [1.29, 1.82) is 0 Å². The first kappa shape index (κ1) is 25.2. The number of hydrogen-bond acceptors (Lipinski definition) is 1. The van der Waals surface area contributed by atoms with Crippen LogP contribution in [0.4, 0.5) is 0 Å². The molecule has 2 aromatic heterocycles. The third-order valence-electron chi connectivity index (χ3n) is 9.55. The minimum atomic E-state index is 0.919. The lowest BCUT2D eigenvalue weighted by atomic mass is 9.93. The van der Waals surface area contributed by atoms with Crippen molar-refractivity contribution < 1.29 is 4.42 Å². The number of nitrogens with zero attached hydrogens (tertiary/aromatic N) is 1. The van der Waals surface area contributed by atoms with E-state index in [2.05, 4.69) is 168 Å². The maximum absolute atomic E-state index is 6.75. The Hall–Kier alpha value is -6.12. The van der Waals surface area contributed by atoms with Crippen molar-refractivity contribution in [3.63, 3.8) is 0 Å². The van der Waals surface area contributed by atoms with E-state index in [1.165, 1.54) is 70.9 Å². The number of furan rings is 1. The second-order valence-electron chi connectivity index (χ2n) is 12.1. The van der Waals surface area contributed by atoms with E-state index < -0.39 is 0 Å². The standard InChI is InChI=1S/C44H27NO/c1-2-15-33(16-3-1)45-39-20-9-8-19-36(39)38-26-30(21-23-40(38)45)29-13-10-14-31(25-29)37-27-32-12-5-7-18-35(32)43-42-34-17-6-4-11-28(34)22-24-41(42)46-44(37)43/h1-27H. The molecule has 0 aliphatic heterocycles. The van der Waals surface area contributed by atoms with Gasteiger partial charge in [-0.1, -0.05) is 115 Å². The van der Waals surface area contributed by atoms with Gasteiger partial charge in [0, 0.05) is 32.8 Å². The smallest absolute Gasteiger partial charge is 0.143 e. The van der Waals surface area contributed by atoms with Gasteiger partial charge in [0.2, 0.25) is 0 Å². The van der Waals surface area contributed by atoms with Crippen LogP contribution in [0.5, 0.6) is 0 Å². The Labute approximate surface area is 265 Å². The van der Waals surface area contributed by atoms with Crippen LogP contribution < -0.4 is 0 Å². The van der Waals surface area contributed by atoms with E-state index in [4.69, 9.17) is 4.42 Å². The highest BCUT2D eigenvalue weighted by Crippen LogP contribution is 2.44. The minimum absolute atomic E-state index is 0.919. The molecule has 0 amide bonds. The lowest BCUT2D eigenvalue weighted by Gasteiger charge is -2.10. The largest absolute Gasteiger partial charge is 0.455 e. The van der Waals surface area contributed by atoms with Crippen molar-refractivity contribution in [3.8, 4) is 27.9 Å². The molecular weight excluding hydrogens is 558 g/mol. The molecule has 0 N–H and O–H groups in total. The Morgan fingerprint density at radius 1 is 0.391 bits per heavy atom. The zero-order valence-corrected chi connectivity index (χ0v) is 24.9. The molecule has 0 fully saturated rings. The molecule has 2 heterocycles. The van der Waals surface area contributed by atoms with Gasteiger partial charge in [-0.15, -0.1) is 0 Å². The van der Waals surface area contributed by atoms with Gasteiger partial charge in [0.15, 0.2) is 0 Å². The summed E-state index contributed by atoms with van der Waals surface area (Å²) in [7, 11) is 0. The van der Waals surface area contributed by atoms with Crippen molar-refractivity contribution in [2.24, 2.45) is 0 Å². The number of benzene rings is 8. The molecule has 0 aliphatic rings. The number of hydrogen-bond donors (Lipinski definition) is 0. The van der Waals surface area contributed by atoms with Gasteiger partial charge in [0.25, 0.3) is 0 Å². The Morgan fingerprint density at radius 2 is 1.07 bits per heavy atom. The maximum Gasteiger partial charge on any atom is 0.143 e. The van der Waals surface area contributed by atoms with Gasteiger partial charge >= 0.3 is 0 Å². The summed E-state index contributed by atoms with van der Waals surface area (Å²) in [6.07, 6.45) is 0. The first-order chi connectivity index (χ1) is 22.8. The molecule has 0 saturated heterocycles. The van der Waals surface area contributed by atoms with Crippen molar-refractivity contribution >= 4 is 65.3 Å². The molecule has 2 nitrogen and oxygen atoms in total. The highest BCUT2D eigenvalue weighted by molar-refractivity contribution is 6.28. The SMILES string of the molecule is c1ccc(-n2c3ccccc3c3cc(-c4cccc(-c5cc6ccccc6c6c5oc5ccc7ccccc7c56)c4)ccc32)cc1. The van der Waals surface area contributed by atoms with Gasteiger partial charge in [-0.3, -0.25) is 0 Å². The Kier molecular flexibility index (Phi) is 5.31. The molecule has 0 atom stereocenters. The fourth-order valence-corrected chi connectivity index (χ4v) is 7.48. The second-order valence-corrected chi connectivity index (χ2v) is 12.1. The second kappa shape index (κ2) is 9.69. The number of fused-ring (bicyclic) bond motifs is 10. The first-order valence-electron chi connectivity index (χ1n) is 15.8. The number of para-hydroxylation sites is 2. The van der Waals surface area contributed by atoms with Gasteiger partial charge in [0.1, 0.15) is 11.2 Å². The molecule has 214 valence electrons. The molecule has 0 saturated carbocycles. The molecule has 2 heteroatoms. The summed E-state index contributed by atoms with van der Waals surface area (Å²) in [6.45, 7) is 0. The summed E-state index contributed by atoms with van der Waals surface area (Å²) in [5, 5.41) is 9.73. The average Bonchev–Trinajstić information content (AvgIpc) is 3.68. The van der Waals surface area contributed by atoms with E-state index in [9.17, 15) is 0 Å². The summed E-state index contributed by atoms with van der Waals surface area (Å²) in [4.78, 5) is 0. The summed E-state index contributed by atoms with van der Waals surface area (Å²) >= 11 is 0. The third-order valence-corrected chi connectivity index (χ3v) is 9.55. The highest BCUT2D eigenvalue weighted by atomic mass is 16.3. The maximum atomic E-state index is 6.75. The van der Waals surface area contributed by atoms with Gasteiger partial charge < -0.3 is 8.98 Å². The quantitative estimate of drug-likeness (QED) is 0.202. The topological polar surface area (TPSA) is 18.1 Å². The Balaban J connectivity index is 1.20. The van der Waals surface area contributed by atoms with Crippen LogP contribution in [0.2, 0.25) is 0 Å².